The van der Waals surface area contributed by atoms with E-state index >= 15 is 0 Å². The Kier molecular flexibility index (Phi) is 8.85. The van der Waals surface area contributed by atoms with Crippen LogP contribution < -0.4 is 14.8 Å². The Hall–Kier alpha value is -2.98. The molecule has 0 aromatic heterocycles. The Morgan fingerprint density at radius 1 is 1.17 bits per heavy atom. The smallest absolute Gasteiger partial charge is 0.338 e. The number of likely N-dealkylation sites (N-methyl/N-ethyl adjacent to an activating group) is 1. The molecule has 1 atom stereocenters. The zero-order valence-corrected chi connectivity index (χ0v) is 22.2. The van der Waals surface area contributed by atoms with Gasteiger partial charge in [-0.15, -0.1) is 0 Å². The number of benzene rings is 1. The molecule has 3 rings (SSSR count). The number of hydrogen-bond acceptors (Lipinski definition) is 9. The van der Waals surface area contributed by atoms with Crippen LogP contribution in [0.25, 0.3) is 0 Å². The fraction of sp³-hybridized carbons (Fsp3) is 0.480. The SMILES string of the molecule is COc1cc(OC)cc([C@H]2C(C(=O)OC(C)C)=C(C)N=C3SC=C(CC(=O)NCCN(C)C)N32)c1. The lowest BCUT2D eigenvalue weighted by Gasteiger charge is -2.36. The maximum atomic E-state index is 13.3. The standard InChI is InChI=1S/C25H34N4O5S/c1-15(2)34-24(31)22-16(3)27-25-29(18(14-35-25)12-21(30)26-8-9-28(4)5)23(22)17-10-19(32-6)13-20(11-17)33-7/h10-11,13-15,23H,8-9,12H2,1-7H3,(H,26,30)/t23-/m0/s1. The van der Waals surface area contributed by atoms with Crippen LogP contribution in [0, 0.1) is 0 Å². The highest BCUT2D eigenvalue weighted by Crippen LogP contribution is 2.46. The van der Waals surface area contributed by atoms with Crippen LogP contribution in [0.1, 0.15) is 38.8 Å². The highest BCUT2D eigenvalue weighted by atomic mass is 32.2. The Morgan fingerprint density at radius 2 is 1.83 bits per heavy atom. The van der Waals surface area contributed by atoms with E-state index in [4.69, 9.17) is 14.2 Å². The maximum Gasteiger partial charge on any atom is 0.338 e. The van der Waals surface area contributed by atoms with Crippen LogP contribution in [-0.2, 0) is 14.3 Å². The molecule has 9 nitrogen and oxygen atoms in total. The number of carbonyl (C=O) groups is 2. The molecule has 10 heteroatoms. The van der Waals surface area contributed by atoms with Gasteiger partial charge in [0.25, 0.3) is 0 Å². The molecule has 2 aliphatic rings. The first-order valence-corrected chi connectivity index (χ1v) is 12.3. The fourth-order valence-electron chi connectivity index (χ4n) is 3.86. The van der Waals surface area contributed by atoms with Gasteiger partial charge in [0, 0.05) is 24.9 Å². The van der Waals surface area contributed by atoms with E-state index in [-0.39, 0.29) is 18.4 Å². The molecular formula is C25H34N4O5S. The highest BCUT2D eigenvalue weighted by molar-refractivity contribution is 8.16. The summed E-state index contributed by atoms with van der Waals surface area (Å²) < 4.78 is 16.6. The number of thioether (sulfide) groups is 1. The lowest BCUT2D eigenvalue weighted by Crippen LogP contribution is -2.39. The largest absolute Gasteiger partial charge is 0.497 e. The number of amidine groups is 1. The van der Waals surface area contributed by atoms with Crippen molar-refractivity contribution in [3.05, 3.63) is 46.1 Å². The molecule has 2 heterocycles. The predicted octanol–water partition coefficient (Wildman–Crippen LogP) is 3.30. The first kappa shape index (κ1) is 26.6. The van der Waals surface area contributed by atoms with E-state index in [0.29, 0.717) is 34.5 Å². The number of hydrogen-bond donors (Lipinski definition) is 1. The van der Waals surface area contributed by atoms with Gasteiger partial charge in [0.2, 0.25) is 5.91 Å². The molecule has 0 bridgehead atoms. The predicted molar refractivity (Wildman–Crippen MR) is 137 cm³/mol. The molecule has 0 spiro atoms. The number of esters is 1. The van der Waals surface area contributed by atoms with Crippen molar-refractivity contribution >= 4 is 28.8 Å². The summed E-state index contributed by atoms with van der Waals surface area (Å²) in [6, 6.07) is 4.94. The van der Waals surface area contributed by atoms with Gasteiger partial charge in [-0.25, -0.2) is 9.79 Å². The average Bonchev–Trinajstić information content (AvgIpc) is 3.18. The normalized spacial score (nSPS) is 17.3. The molecule has 190 valence electrons. The fourth-order valence-corrected chi connectivity index (χ4v) is 4.82. The lowest BCUT2D eigenvalue weighted by atomic mass is 9.93. The summed E-state index contributed by atoms with van der Waals surface area (Å²) in [6.45, 7) is 6.72. The van der Waals surface area contributed by atoms with E-state index in [2.05, 4.69) is 10.3 Å². The summed E-state index contributed by atoms with van der Waals surface area (Å²) in [7, 11) is 7.07. The third-order valence-electron chi connectivity index (χ3n) is 5.48. The van der Waals surface area contributed by atoms with Gasteiger partial charge < -0.3 is 29.3 Å². The summed E-state index contributed by atoms with van der Waals surface area (Å²) >= 11 is 1.43. The summed E-state index contributed by atoms with van der Waals surface area (Å²) in [4.78, 5) is 34.7. The van der Waals surface area contributed by atoms with Crippen molar-refractivity contribution in [2.75, 3.05) is 41.4 Å². The number of fused-ring (bicyclic) bond motifs is 1. The zero-order chi connectivity index (χ0) is 25.7. The second kappa shape index (κ2) is 11.6. The number of rotatable bonds is 10. The molecule has 0 saturated carbocycles. The molecule has 2 aliphatic heterocycles. The van der Waals surface area contributed by atoms with E-state index in [1.54, 1.807) is 27.2 Å². The highest BCUT2D eigenvalue weighted by Gasteiger charge is 2.41. The molecule has 1 N–H and O–H groups in total. The third-order valence-corrected chi connectivity index (χ3v) is 6.36. The molecule has 0 radical (unpaired) electrons. The Labute approximate surface area is 211 Å². The number of methoxy groups -OCH3 is 2. The van der Waals surface area contributed by atoms with Gasteiger partial charge in [0.1, 0.15) is 11.5 Å². The Bertz CT molecular complexity index is 1040. The van der Waals surface area contributed by atoms with E-state index < -0.39 is 12.0 Å². The summed E-state index contributed by atoms with van der Waals surface area (Å²) in [5, 5.41) is 5.57. The van der Waals surface area contributed by atoms with Crippen LogP contribution in [0.5, 0.6) is 11.5 Å². The van der Waals surface area contributed by atoms with Gasteiger partial charge in [0.15, 0.2) is 5.17 Å². The van der Waals surface area contributed by atoms with Crippen molar-refractivity contribution in [2.24, 2.45) is 4.99 Å². The monoisotopic (exact) mass is 502 g/mol. The van der Waals surface area contributed by atoms with E-state index in [9.17, 15) is 9.59 Å². The minimum atomic E-state index is -0.562. The van der Waals surface area contributed by atoms with Gasteiger partial charge in [-0.2, -0.15) is 0 Å². The number of ether oxygens (including phenoxy) is 3. The number of allylic oxidation sites excluding steroid dienone is 1. The van der Waals surface area contributed by atoms with E-state index in [1.165, 1.54) is 11.8 Å². The van der Waals surface area contributed by atoms with Gasteiger partial charge in [-0.3, -0.25) is 4.79 Å². The summed E-state index contributed by atoms with van der Waals surface area (Å²) in [5.41, 5.74) is 2.51. The Balaban J connectivity index is 2.02. The molecule has 35 heavy (non-hydrogen) atoms. The molecule has 0 fully saturated rings. The van der Waals surface area contributed by atoms with Crippen molar-refractivity contribution in [3.63, 3.8) is 0 Å². The van der Waals surface area contributed by atoms with Crippen molar-refractivity contribution in [2.45, 2.75) is 39.3 Å². The van der Waals surface area contributed by atoms with E-state index in [1.807, 2.05) is 55.3 Å². The van der Waals surface area contributed by atoms with Crippen LogP contribution >= 0.6 is 11.8 Å². The second-order valence-electron chi connectivity index (χ2n) is 8.82. The molecule has 1 aromatic carbocycles. The van der Waals surface area contributed by atoms with Crippen LogP contribution in [-0.4, -0.2) is 74.4 Å². The number of amides is 1. The zero-order valence-electron chi connectivity index (χ0n) is 21.4. The molecule has 0 aliphatic carbocycles. The van der Waals surface area contributed by atoms with Crippen molar-refractivity contribution in [3.8, 4) is 11.5 Å². The van der Waals surface area contributed by atoms with Gasteiger partial charge in [-0.05, 0) is 58.0 Å². The first-order chi connectivity index (χ1) is 16.6. The lowest BCUT2D eigenvalue weighted by molar-refractivity contribution is -0.143. The molecule has 1 aromatic rings. The molecule has 0 unspecified atom stereocenters. The van der Waals surface area contributed by atoms with Gasteiger partial charge >= 0.3 is 5.97 Å². The first-order valence-electron chi connectivity index (χ1n) is 11.4. The molecule has 0 saturated heterocycles. The number of nitrogens with one attached hydrogen (secondary N) is 1. The topological polar surface area (TPSA) is 92.7 Å². The summed E-state index contributed by atoms with van der Waals surface area (Å²) in [6.07, 6.45) is -0.137. The minimum Gasteiger partial charge on any atom is -0.497 e. The van der Waals surface area contributed by atoms with Crippen molar-refractivity contribution in [1.29, 1.82) is 0 Å². The number of carbonyl (C=O) groups excluding carboxylic acids is 2. The van der Waals surface area contributed by atoms with Crippen LogP contribution in [0.2, 0.25) is 0 Å². The quantitative estimate of drug-likeness (QED) is 0.487. The molecule has 1 amide bonds. The van der Waals surface area contributed by atoms with Crippen LogP contribution in [0.4, 0.5) is 0 Å². The third kappa shape index (κ3) is 6.37. The number of nitrogens with zero attached hydrogens (tertiary/aromatic N) is 3. The number of aliphatic imine (C=N–C) groups is 1. The summed E-state index contributed by atoms with van der Waals surface area (Å²) in [5.74, 6) is 0.645. The van der Waals surface area contributed by atoms with Crippen molar-refractivity contribution < 1.29 is 23.8 Å². The average molecular weight is 503 g/mol. The second-order valence-corrected chi connectivity index (χ2v) is 9.66. The molecular weight excluding hydrogens is 468 g/mol. The van der Waals surface area contributed by atoms with Crippen LogP contribution in [0.3, 0.4) is 0 Å². The van der Waals surface area contributed by atoms with Gasteiger partial charge in [-0.1, -0.05) is 11.8 Å². The minimum absolute atomic E-state index is 0.0977. The van der Waals surface area contributed by atoms with Crippen LogP contribution in [0.15, 0.2) is 45.6 Å². The maximum absolute atomic E-state index is 13.3. The Morgan fingerprint density at radius 3 is 2.40 bits per heavy atom. The van der Waals surface area contributed by atoms with E-state index in [0.717, 1.165) is 17.8 Å². The van der Waals surface area contributed by atoms with Crippen molar-refractivity contribution in [1.82, 2.24) is 15.1 Å². The van der Waals surface area contributed by atoms with Gasteiger partial charge in [0.05, 0.1) is 44.1 Å².